The second kappa shape index (κ2) is 3.11. The van der Waals surface area contributed by atoms with Gasteiger partial charge in [-0.3, -0.25) is 4.18 Å². The molecule has 0 radical (unpaired) electrons. The quantitative estimate of drug-likeness (QED) is 0.415. The van der Waals surface area contributed by atoms with Gasteiger partial charge < -0.3 is 4.74 Å². The van der Waals surface area contributed by atoms with Crippen molar-refractivity contribution in [1.29, 1.82) is 0 Å². The summed E-state index contributed by atoms with van der Waals surface area (Å²) in [4.78, 5) is 11.6. The molecule has 5 nitrogen and oxygen atoms in total. The minimum atomic E-state index is -3.44. The van der Waals surface area contributed by atoms with Gasteiger partial charge in [-0.05, 0) is 13.3 Å². The van der Waals surface area contributed by atoms with Crippen LogP contribution in [0.3, 0.4) is 0 Å². The summed E-state index contributed by atoms with van der Waals surface area (Å²) in [5, 5.41) is -0.487. The fourth-order valence-electron chi connectivity index (χ4n) is 3.29. The molecule has 4 atom stereocenters. The number of ether oxygens (including phenoxy) is 1. The van der Waals surface area contributed by atoms with Gasteiger partial charge >= 0.3 is 5.97 Å². The summed E-state index contributed by atoms with van der Waals surface area (Å²) in [6, 6.07) is 0. The highest BCUT2D eigenvalue weighted by atomic mass is 32.2. The molecule has 3 aliphatic rings. The van der Waals surface area contributed by atoms with Crippen LogP contribution in [0.1, 0.15) is 26.2 Å². The maximum absolute atomic E-state index is 11.7. The van der Waals surface area contributed by atoms with Crippen molar-refractivity contribution in [2.45, 2.75) is 43.1 Å². The maximum Gasteiger partial charge on any atom is 0.333 e. The molecule has 0 aromatic heterocycles. The first-order valence-corrected chi connectivity index (χ1v) is 7.11. The summed E-state index contributed by atoms with van der Waals surface area (Å²) in [6.45, 7) is 5.12. The highest BCUT2D eigenvalue weighted by Gasteiger charge is 2.67. The zero-order valence-electron chi connectivity index (χ0n) is 9.51. The van der Waals surface area contributed by atoms with E-state index in [9.17, 15) is 13.2 Å². The molecule has 0 amide bonds. The molecule has 0 N–H and O–H groups in total. The number of hydrogen-bond donors (Lipinski definition) is 0. The summed E-state index contributed by atoms with van der Waals surface area (Å²) in [7, 11) is -3.44. The van der Waals surface area contributed by atoms with E-state index in [1.54, 1.807) is 6.92 Å². The normalized spacial score (nSPS) is 44.9. The first kappa shape index (κ1) is 11.2. The number of carbonyl (C=O) groups is 1. The summed E-state index contributed by atoms with van der Waals surface area (Å²) in [5.74, 6) is -0.442. The van der Waals surface area contributed by atoms with E-state index in [4.69, 9.17) is 8.92 Å². The SMILES string of the molecule is C=C(C)C(=O)OC12CC3OS(=O)(=O)C(C1)C3C2. The molecule has 1 saturated heterocycles. The van der Waals surface area contributed by atoms with Crippen LogP contribution >= 0.6 is 0 Å². The smallest absolute Gasteiger partial charge is 0.333 e. The average molecular weight is 258 g/mol. The molecule has 0 spiro atoms. The summed E-state index contributed by atoms with van der Waals surface area (Å²) in [5.41, 5.74) is -0.301. The van der Waals surface area contributed by atoms with Gasteiger partial charge in [-0.2, -0.15) is 8.42 Å². The van der Waals surface area contributed by atoms with Gasteiger partial charge in [-0.25, -0.2) is 4.79 Å². The van der Waals surface area contributed by atoms with E-state index in [0.717, 1.165) is 0 Å². The van der Waals surface area contributed by atoms with Gasteiger partial charge in [0.25, 0.3) is 10.1 Å². The van der Waals surface area contributed by atoms with Crippen LogP contribution in [0, 0.1) is 5.92 Å². The molecule has 6 heteroatoms. The van der Waals surface area contributed by atoms with E-state index in [1.807, 2.05) is 0 Å². The van der Waals surface area contributed by atoms with Gasteiger partial charge in [-0.15, -0.1) is 0 Å². The highest BCUT2D eigenvalue weighted by Crippen LogP contribution is 2.58. The van der Waals surface area contributed by atoms with Gasteiger partial charge in [-0.1, -0.05) is 6.58 Å². The number of esters is 1. The minimum Gasteiger partial charge on any atom is -0.456 e. The van der Waals surface area contributed by atoms with Crippen molar-refractivity contribution >= 4 is 16.1 Å². The van der Waals surface area contributed by atoms with Crippen molar-refractivity contribution in [3.05, 3.63) is 12.2 Å². The van der Waals surface area contributed by atoms with E-state index < -0.39 is 26.9 Å². The third-order valence-corrected chi connectivity index (χ3v) is 5.77. The van der Waals surface area contributed by atoms with Crippen LogP contribution in [-0.2, 0) is 23.8 Å². The van der Waals surface area contributed by atoms with E-state index in [2.05, 4.69) is 6.58 Å². The van der Waals surface area contributed by atoms with Crippen LogP contribution in [0.5, 0.6) is 0 Å². The largest absolute Gasteiger partial charge is 0.456 e. The van der Waals surface area contributed by atoms with Crippen molar-refractivity contribution < 1.29 is 22.1 Å². The number of fused-ring (bicyclic) bond motifs is 1. The van der Waals surface area contributed by atoms with Gasteiger partial charge in [0.2, 0.25) is 0 Å². The first-order chi connectivity index (χ1) is 7.83. The van der Waals surface area contributed by atoms with Gasteiger partial charge in [0.05, 0.1) is 11.4 Å². The predicted octanol–water partition coefficient (Wildman–Crippen LogP) is 0.755. The van der Waals surface area contributed by atoms with E-state index in [0.29, 0.717) is 24.8 Å². The monoisotopic (exact) mass is 258 g/mol. The predicted molar refractivity (Wildman–Crippen MR) is 58.6 cm³/mol. The van der Waals surface area contributed by atoms with E-state index in [1.165, 1.54) is 0 Å². The molecule has 0 aromatic carbocycles. The minimum absolute atomic E-state index is 0.00192. The second-order valence-corrected chi connectivity index (χ2v) is 7.08. The lowest BCUT2D eigenvalue weighted by atomic mass is 9.94. The lowest BCUT2D eigenvalue weighted by molar-refractivity contribution is -0.154. The molecule has 3 rings (SSSR count). The molecular formula is C11H14O5S. The molecular weight excluding hydrogens is 244 g/mol. The molecule has 4 unspecified atom stereocenters. The molecule has 1 heterocycles. The Bertz CT molecular complexity index is 504. The Morgan fingerprint density at radius 3 is 2.65 bits per heavy atom. The standard InChI is InChI=1S/C11H14O5S/c1-6(2)10(12)15-11-3-7-8(4-11)16-17(13,14)9(7)5-11/h7-9H,1,3-5H2,2H3. The second-order valence-electron chi connectivity index (χ2n) is 5.30. The number of rotatable bonds is 2. The topological polar surface area (TPSA) is 69.7 Å². The lowest BCUT2D eigenvalue weighted by Gasteiger charge is -2.27. The highest BCUT2D eigenvalue weighted by molar-refractivity contribution is 7.87. The maximum atomic E-state index is 11.7. The van der Waals surface area contributed by atoms with Crippen molar-refractivity contribution in [3.8, 4) is 0 Å². The van der Waals surface area contributed by atoms with E-state index >= 15 is 0 Å². The molecule has 2 saturated carbocycles. The van der Waals surface area contributed by atoms with E-state index in [-0.39, 0.29) is 12.0 Å². The lowest BCUT2D eigenvalue weighted by Crippen LogP contribution is -2.35. The Morgan fingerprint density at radius 1 is 1.41 bits per heavy atom. The molecule has 17 heavy (non-hydrogen) atoms. The van der Waals surface area contributed by atoms with Crippen molar-refractivity contribution in [2.24, 2.45) is 5.92 Å². The Morgan fingerprint density at radius 2 is 2.12 bits per heavy atom. The fraction of sp³-hybridized carbons (Fsp3) is 0.727. The van der Waals surface area contributed by atoms with Crippen LogP contribution in [0.2, 0.25) is 0 Å². The molecule has 94 valence electrons. The van der Waals surface area contributed by atoms with Crippen LogP contribution < -0.4 is 0 Å². The van der Waals surface area contributed by atoms with Crippen LogP contribution in [0.15, 0.2) is 12.2 Å². The summed E-state index contributed by atoms with van der Waals surface area (Å²) in [6.07, 6.45) is 1.17. The summed E-state index contributed by atoms with van der Waals surface area (Å²) >= 11 is 0. The number of carbonyl (C=O) groups excluding carboxylic acids is 1. The third-order valence-electron chi connectivity index (χ3n) is 4.00. The van der Waals surface area contributed by atoms with Crippen molar-refractivity contribution in [3.63, 3.8) is 0 Å². The Hall–Kier alpha value is -0.880. The van der Waals surface area contributed by atoms with Gasteiger partial charge in [0.15, 0.2) is 0 Å². The van der Waals surface area contributed by atoms with Crippen LogP contribution in [0.25, 0.3) is 0 Å². The Balaban J connectivity index is 1.86. The molecule has 3 fully saturated rings. The Kier molecular flexibility index (Phi) is 2.06. The zero-order chi connectivity index (χ0) is 12.4. The van der Waals surface area contributed by atoms with Gasteiger partial charge in [0, 0.05) is 24.3 Å². The van der Waals surface area contributed by atoms with Gasteiger partial charge in [0.1, 0.15) is 5.60 Å². The molecule has 2 aliphatic carbocycles. The zero-order valence-corrected chi connectivity index (χ0v) is 10.3. The fourth-order valence-corrected chi connectivity index (χ4v) is 5.20. The first-order valence-electron chi connectivity index (χ1n) is 5.64. The summed E-state index contributed by atoms with van der Waals surface area (Å²) < 4.78 is 33.8. The molecule has 1 aliphatic heterocycles. The number of hydrogen-bond acceptors (Lipinski definition) is 5. The van der Waals surface area contributed by atoms with Crippen LogP contribution in [-0.4, -0.2) is 31.3 Å². The molecule has 0 aromatic rings. The van der Waals surface area contributed by atoms with Crippen molar-refractivity contribution in [1.82, 2.24) is 0 Å². The van der Waals surface area contributed by atoms with Crippen LogP contribution in [0.4, 0.5) is 0 Å². The Labute approximate surface area is 99.9 Å². The van der Waals surface area contributed by atoms with Crippen molar-refractivity contribution in [2.75, 3.05) is 0 Å². The average Bonchev–Trinajstić information content (AvgIpc) is 2.74. The third kappa shape index (κ3) is 1.47. The molecule has 2 bridgehead atoms.